The molecule has 4 heterocycles. The van der Waals surface area contributed by atoms with Crippen LogP contribution in [0.5, 0.6) is 0 Å². The van der Waals surface area contributed by atoms with E-state index in [4.69, 9.17) is 4.42 Å². The normalized spacial score (nSPS) is 16.4. The van der Waals surface area contributed by atoms with Crippen molar-refractivity contribution in [3.8, 4) is 11.4 Å². The van der Waals surface area contributed by atoms with E-state index in [-0.39, 0.29) is 35.8 Å². The number of benzene rings is 2. The largest absolute Gasteiger partial charge is 0.471 e. The second kappa shape index (κ2) is 8.85. The zero-order chi connectivity index (χ0) is 26.6. The third-order valence-electron chi connectivity index (χ3n) is 6.99. The Hall–Kier alpha value is -4.42. The number of rotatable bonds is 4. The van der Waals surface area contributed by atoms with Crippen molar-refractivity contribution in [2.75, 3.05) is 13.1 Å². The first-order valence-electron chi connectivity index (χ1n) is 11.9. The first-order chi connectivity index (χ1) is 18.2. The molecule has 2 amide bonds. The van der Waals surface area contributed by atoms with Gasteiger partial charge < -0.3 is 18.7 Å². The molecule has 0 spiro atoms. The van der Waals surface area contributed by atoms with E-state index in [9.17, 15) is 27.6 Å². The predicted molar refractivity (Wildman–Crippen MR) is 125 cm³/mol. The minimum atomic E-state index is -4.76. The van der Waals surface area contributed by atoms with Crippen LogP contribution in [0.25, 0.3) is 22.5 Å². The molecule has 0 unspecified atom stereocenters. The lowest BCUT2D eigenvalue weighted by Gasteiger charge is -2.36. The number of hydrogen-bond acceptors (Lipinski definition) is 7. The molecule has 0 N–H and O–H groups in total. The van der Waals surface area contributed by atoms with Crippen molar-refractivity contribution in [1.29, 1.82) is 0 Å². The molecule has 2 aromatic heterocycles. The van der Waals surface area contributed by atoms with Gasteiger partial charge in [0.2, 0.25) is 11.7 Å². The molecule has 13 heteroatoms. The molecule has 2 aliphatic heterocycles. The molecule has 0 aliphatic carbocycles. The van der Waals surface area contributed by atoms with Gasteiger partial charge in [-0.25, -0.2) is 4.79 Å². The molecule has 0 saturated carbocycles. The minimum Gasteiger partial charge on any atom is -0.408 e. The van der Waals surface area contributed by atoms with Gasteiger partial charge in [-0.2, -0.15) is 18.2 Å². The highest BCUT2D eigenvalue weighted by atomic mass is 19.4. The fraction of sp³-hybridized carbons (Fsp3) is 0.320. The predicted octanol–water partition coefficient (Wildman–Crippen LogP) is 3.31. The fourth-order valence-electron chi connectivity index (χ4n) is 5.04. The first-order valence-corrected chi connectivity index (χ1v) is 11.9. The molecule has 0 atom stereocenters. The van der Waals surface area contributed by atoms with Crippen LogP contribution < -0.4 is 5.76 Å². The van der Waals surface area contributed by atoms with Crippen LogP contribution in [-0.2, 0) is 24.1 Å². The highest BCUT2D eigenvalue weighted by molar-refractivity contribution is 5.99. The van der Waals surface area contributed by atoms with Crippen LogP contribution in [0.1, 0.15) is 34.7 Å². The van der Waals surface area contributed by atoms with Gasteiger partial charge >= 0.3 is 17.8 Å². The maximum Gasteiger partial charge on any atom is 0.471 e. The maximum absolute atomic E-state index is 13.2. The number of alkyl halides is 3. The van der Waals surface area contributed by atoms with Gasteiger partial charge in [-0.05, 0) is 36.6 Å². The van der Waals surface area contributed by atoms with Crippen molar-refractivity contribution >= 4 is 22.9 Å². The number of likely N-dealkylation sites (tertiary alicyclic amines) is 1. The number of oxazole rings is 1. The van der Waals surface area contributed by atoms with Crippen LogP contribution in [-0.4, -0.2) is 55.5 Å². The third kappa shape index (κ3) is 4.13. The first kappa shape index (κ1) is 23.9. The van der Waals surface area contributed by atoms with Crippen LogP contribution in [0.15, 0.2) is 56.2 Å². The average molecular weight is 527 g/mol. The maximum atomic E-state index is 13.2. The van der Waals surface area contributed by atoms with Crippen molar-refractivity contribution in [3.63, 3.8) is 0 Å². The molecule has 0 bridgehead atoms. The Morgan fingerprint density at radius 1 is 1.08 bits per heavy atom. The molecule has 0 radical (unpaired) electrons. The Balaban J connectivity index is 1.11. The van der Waals surface area contributed by atoms with Crippen LogP contribution in [0.2, 0.25) is 0 Å². The van der Waals surface area contributed by atoms with E-state index in [1.165, 1.54) is 10.6 Å². The van der Waals surface area contributed by atoms with Gasteiger partial charge in [0.15, 0.2) is 5.58 Å². The van der Waals surface area contributed by atoms with Gasteiger partial charge in [0, 0.05) is 36.8 Å². The molecule has 4 aromatic rings. The van der Waals surface area contributed by atoms with E-state index in [2.05, 4.69) is 14.7 Å². The average Bonchev–Trinajstić information content (AvgIpc) is 3.61. The van der Waals surface area contributed by atoms with Gasteiger partial charge in [-0.15, -0.1) is 0 Å². The number of carbonyl (C=O) groups excluding carboxylic acids is 2. The molecular weight excluding hydrogens is 507 g/mol. The third-order valence-corrected chi connectivity index (χ3v) is 6.99. The van der Waals surface area contributed by atoms with Crippen LogP contribution in [0, 0.1) is 0 Å². The lowest BCUT2D eigenvalue weighted by Crippen LogP contribution is -2.47. The second-order valence-electron chi connectivity index (χ2n) is 9.26. The van der Waals surface area contributed by atoms with Gasteiger partial charge in [0.05, 0.1) is 5.52 Å². The summed E-state index contributed by atoms with van der Waals surface area (Å²) in [4.78, 5) is 45.1. The quantitative estimate of drug-likeness (QED) is 0.400. The summed E-state index contributed by atoms with van der Waals surface area (Å²) in [5.74, 6) is -2.74. The topological polar surface area (TPSA) is 115 Å². The fourth-order valence-corrected chi connectivity index (χ4v) is 5.04. The molecule has 2 aromatic carbocycles. The van der Waals surface area contributed by atoms with Crippen molar-refractivity contribution in [2.45, 2.75) is 38.1 Å². The number of para-hydroxylation sites is 2. The van der Waals surface area contributed by atoms with Gasteiger partial charge in [0.1, 0.15) is 6.54 Å². The standard InChI is InChI=1S/C25H20F3N5O5/c26-25(27,28)23-29-21(30-38-23)14-5-6-15-12-32(22(35)17(15)11-14)16-7-9-31(10-8-16)20(34)13-33-18-3-1-2-4-19(18)37-24(33)36/h1-6,11,16H,7-10,12-13H2. The van der Waals surface area contributed by atoms with E-state index in [1.807, 2.05) is 0 Å². The zero-order valence-corrected chi connectivity index (χ0v) is 19.8. The number of fused-ring (bicyclic) bond motifs is 2. The van der Waals surface area contributed by atoms with Crippen LogP contribution in [0.4, 0.5) is 13.2 Å². The molecule has 1 saturated heterocycles. The summed E-state index contributed by atoms with van der Waals surface area (Å²) in [5.41, 5.74) is 2.35. The van der Waals surface area contributed by atoms with Crippen LogP contribution >= 0.6 is 0 Å². The number of aromatic nitrogens is 3. The molecule has 38 heavy (non-hydrogen) atoms. The Bertz CT molecular complexity index is 1610. The van der Waals surface area contributed by atoms with Crippen molar-refractivity contribution < 1.29 is 31.7 Å². The highest BCUT2D eigenvalue weighted by Gasteiger charge is 2.39. The van der Waals surface area contributed by atoms with Gasteiger partial charge in [-0.3, -0.25) is 14.2 Å². The Kier molecular flexibility index (Phi) is 5.58. The van der Waals surface area contributed by atoms with Crippen LogP contribution in [0.3, 0.4) is 0 Å². The smallest absolute Gasteiger partial charge is 0.408 e. The van der Waals surface area contributed by atoms with E-state index >= 15 is 0 Å². The highest BCUT2D eigenvalue weighted by Crippen LogP contribution is 2.33. The summed E-state index contributed by atoms with van der Waals surface area (Å²) in [7, 11) is 0. The summed E-state index contributed by atoms with van der Waals surface area (Å²) >= 11 is 0. The van der Waals surface area contributed by atoms with E-state index in [0.717, 1.165) is 5.56 Å². The Morgan fingerprint density at radius 2 is 1.84 bits per heavy atom. The number of halogens is 3. The molecule has 10 nitrogen and oxygen atoms in total. The van der Waals surface area contributed by atoms with Crippen molar-refractivity contribution in [2.24, 2.45) is 0 Å². The van der Waals surface area contributed by atoms with E-state index < -0.39 is 17.8 Å². The van der Waals surface area contributed by atoms with E-state index in [0.29, 0.717) is 49.1 Å². The molecule has 2 aliphatic rings. The molecule has 196 valence electrons. The molecule has 6 rings (SSSR count). The second-order valence-corrected chi connectivity index (χ2v) is 9.26. The number of piperidine rings is 1. The van der Waals surface area contributed by atoms with Crippen molar-refractivity contribution in [1.82, 2.24) is 24.5 Å². The molecule has 1 fully saturated rings. The number of amides is 2. The summed E-state index contributed by atoms with van der Waals surface area (Å²) in [5, 5.41) is 3.39. The number of hydrogen-bond donors (Lipinski definition) is 0. The van der Waals surface area contributed by atoms with Gasteiger partial charge in [0.25, 0.3) is 5.91 Å². The Morgan fingerprint density at radius 3 is 2.58 bits per heavy atom. The van der Waals surface area contributed by atoms with Gasteiger partial charge in [-0.1, -0.05) is 29.4 Å². The monoisotopic (exact) mass is 527 g/mol. The number of nitrogens with zero attached hydrogens (tertiary/aromatic N) is 5. The van der Waals surface area contributed by atoms with Crippen molar-refractivity contribution in [3.05, 3.63) is 70.0 Å². The lowest BCUT2D eigenvalue weighted by molar-refractivity contribution is -0.159. The summed E-state index contributed by atoms with van der Waals surface area (Å²) in [6.07, 6.45) is -3.65. The lowest BCUT2D eigenvalue weighted by atomic mass is 10.0. The zero-order valence-electron chi connectivity index (χ0n) is 19.8. The summed E-state index contributed by atoms with van der Waals surface area (Å²) in [6, 6.07) is 11.5. The number of carbonyl (C=O) groups is 2. The minimum absolute atomic E-state index is 0.109. The molecular formula is C25H20F3N5O5. The van der Waals surface area contributed by atoms with E-state index in [1.54, 1.807) is 46.2 Å². The summed E-state index contributed by atoms with van der Waals surface area (Å²) < 4.78 is 49.2. The Labute approximate surface area is 212 Å². The summed E-state index contributed by atoms with van der Waals surface area (Å²) in [6.45, 7) is 1.07. The SMILES string of the molecule is O=C(Cn1c(=O)oc2ccccc21)N1CCC(N2Cc3ccc(-c4noc(C(F)(F)F)n4)cc3C2=O)CC1.